The second-order valence-corrected chi connectivity index (χ2v) is 9.57. The first-order valence-electron chi connectivity index (χ1n) is 10.9. The number of benzene rings is 3. The van der Waals surface area contributed by atoms with Crippen molar-refractivity contribution in [3.05, 3.63) is 94.0 Å². The van der Waals surface area contributed by atoms with E-state index in [0.717, 1.165) is 21.3 Å². The number of nitrogens with one attached hydrogen (secondary N) is 2. The lowest BCUT2D eigenvalue weighted by atomic mass is 9.90. The molecule has 2 N–H and O–H groups in total. The van der Waals surface area contributed by atoms with Gasteiger partial charge in [-0.15, -0.1) is 0 Å². The Hall–Kier alpha value is -3.32. The molecule has 1 fully saturated rings. The number of urea groups is 1. The van der Waals surface area contributed by atoms with Crippen LogP contribution in [0.25, 0.3) is 0 Å². The molecule has 6 nitrogen and oxygen atoms in total. The average molecular weight is 506 g/mol. The molecule has 2 aliphatic rings. The molecule has 5 rings (SSSR count). The predicted octanol–water partition coefficient (Wildman–Crippen LogP) is 5.71. The number of amides is 3. The van der Waals surface area contributed by atoms with Crippen molar-refractivity contribution in [2.24, 2.45) is 0 Å². The van der Waals surface area contributed by atoms with Crippen molar-refractivity contribution in [1.29, 1.82) is 0 Å². The Kier molecular flexibility index (Phi) is 5.37. The monoisotopic (exact) mass is 505 g/mol. The van der Waals surface area contributed by atoms with Gasteiger partial charge < -0.3 is 15.4 Å². The van der Waals surface area contributed by atoms with Crippen LogP contribution in [0.1, 0.15) is 53.8 Å². The van der Waals surface area contributed by atoms with E-state index in [1.165, 1.54) is 0 Å². The first kappa shape index (κ1) is 21.5. The molecule has 0 unspecified atom stereocenters. The molecule has 3 atom stereocenters. The quantitative estimate of drug-likeness (QED) is 0.476. The molecule has 0 saturated carbocycles. The molecule has 3 amide bonds. The van der Waals surface area contributed by atoms with Crippen LogP contribution in [-0.4, -0.2) is 17.7 Å². The maximum atomic E-state index is 13.2. The molecule has 3 aromatic carbocycles. The van der Waals surface area contributed by atoms with E-state index in [2.05, 4.69) is 26.6 Å². The fraction of sp³-hybridized carbons (Fsp3) is 0.231. The fourth-order valence-electron chi connectivity index (χ4n) is 4.63. The van der Waals surface area contributed by atoms with Gasteiger partial charge in [-0.25, -0.2) is 4.79 Å². The number of hydrogen-bond donors (Lipinski definition) is 2. The summed E-state index contributed by atoms with van der Waals surface area (Å²) in [5.41, 5.74) is 2.19. The van der Waals surface area contributed by atoms with Gasteiger partial charge in [0.2, 0.25) is 0 Å². The third-order valence-electron chi connectivity index (χ3n) is 6.25. The summed E-state index contributed by atoms with van der Waals surface area (Å²) in [5.74, 6) is 0.543. The molecular formula is C26H24BrN3O3. The predicted molar refractivity (Wildman–Crippen MR) is 130 cm³/mol. The highest BCUT2D eigenvalue weighted by molar-refractivity contribution is 9.10. The van der Waals surface area contributed by atoms with Gasteiger partial charge in [0.1, 0.15) is 5.75 Å². The van der Waals surface area contributed by atoms with Crippen molar-refractivity contribution < 1.29 is 14.3 Å². The van der Waals surface area contributed by atoms with Crippen LogP contribution in [0.5, 0.6) is 5.75 Å². The van der Waals surface area contributed by atoms with E-state index in [0.29, 0.717) is 17.7 Å². The zero-order valence-corrected chi connectivity index (χ0v) is 19.9. The topological polar surface area (TPSA) is 70.7 Å². The number of fused-ring (bicyclic) bond motifs is 4. The average Bonchev–Trinajstić information content (AvgIpc) is 2.80. The molecule has 0 spiro atoms. The first-order valence-corrected chi connectivity index (χ1v) is 11.7. The third kappa shape index (κ3) is 3.97. The van der Waals surface area contributed by atoms with Crippen LogP contribution >= 0.6 is 15.9 Å². The highest BCUT2D eigenvalue weighted by atomic mass is 79.9. The largest absolute Gasteiger partial charge is 0.467 e. The molecular weight excluding hydrogens is 482 g/mol. The molecule has 7 heteroatoms. The number of carbonyl (C=O) groups excluding carboxylic acids is 2. The highest BCUT2D eigenvalue weighted by Crippen LogP contribution is 2.46. The zero-order valence-electron chi connectivity index (χ0n) is 18.3. The third-order valence-corrected chi connectivity index (χ3v) is 6.74. The Morgan fingerprint density at radius 3 is 2.73 bits per heavy atom. The van der Waals surface area contributed by atoms with Gasteiger partial charge in [-0.05, 0) is 55.8 Å². The van der Waals surface area contributed by atoms with Gasteiger partial charge in [0.25, 0.3) is 5.91 Å². The van der Waals surface area contributed by atoms with Gasteiger partial charge >= 0.3 is 6.03 Å². The number of rotatable bonds is 4. The van der Waals surface area contributed by atoms with Gasteiger partial charge in [-0.1, -0.05) is 52.3 Å². The highest BCUT2D eigenvalue weighted by Gasteiger charge is 2.49. The molecule has 33 heavy (non-hydrogen) atoms. The minimum Gasteiger partial charge on any atom is -0.467 e. The number of carbonyl (C=O) groups is 2. The van der Waals surface area contributed by atoms with E-state index >= 15 is 0 Å². The Bertz CT molecular complexity index is 1230. The van der Waals surface area contributed by atoms with E-state index in [-0.39, 0.29) is 24.0 Å². The van der Waals surface area contributed by atoms with E-state index in [9.17, 15) is 9.59 Å². The summed E-state index contributed by atoms with van der Waals surface area (Å²) < 4.78 is 7.29. The lowest BCUT2D eigenvalue weighted by Gasteiger charge is -2.50. The molecule has 2 bridgehead atoms. The molecule has 3 aromatic rings. The van der Waals surface area contributed by atoms with E-state index in [4.69, 9.17) is 4.74 Å². The summed E-state index contributed by atoms with van der Waals surface area (Å²) in [5, 5.41) is 6.12. The SMILES string of the molecule is C[C@H](NC(=O)c1cccc(N2C(=O)N[C@H]3C[C@@]2(C)Oc2ccc(Br)cc23)c1)c1ccccc1. The van der Waals surface area contributed by atoms with Crippen LogP contribution in [0.4, 0.5) is 10.5 Å². The Balaban J connectivity index is 1.42. The summed E-state index contributed by atoms with van der Waals surface area (Å²) in [6, 6.07) is 22.2. The van der Waals surface area contributed by atoms with Gasteiger partial charge in [0.15, 0.2) is 5.72 Å². The van der Waals surface area contributed by atoms with E-state index in [1.807, 2.05) is 68.4 Å². The van der Waals surface area contributed by atoms with Crippen molar-refractivity contribution in [1.82, 2.24) is 10.6 Å². The van der Waals surface area contributed by atoms with Gasteiger partial charge in [-0.2, -0.15) is 0 Å². The van der Waals surface area contributed by atoms with Crippen LogP contribution in [0.2, 0.25) is 0 Å². The maximum Gasteiger partial charge on any atom is 0.325 e. The van der Waals surface area contributed by atoms with Crippen molar-refractivity contribution in [2.75, 3.05) is 4.90 Å². The van der Waals surface area contributed by atoms with E-state index < -0.39 is 5.72 Å². The molecule has 2 heterocycles. The lowest BCUT2D eigenvalue weighted by Crippen LogP contribution is -2.65. The molecule has 0 radical (unpaired) electrons. The van der Waals surface area contributed by atoms with Gasteiger partial charge in [-0.3, -0.25) is 9.69 Å². The minimum atomic E-state index is -0.875. The second kappa shape index (κ2) is 8.23. The zero-order chi connectivity index (χ0) is 23.2. The van der Waals surface area contributed by atoms with Crippen molar-refractivity contribution in [3.63, 3.8) is 0 Å². The minimum absolute atomic E-state index is 0.141. The number of ether oxygens (including phenoxy) is 1. The first-order chi connectivity index (χ1) is 15.8. The summed E-state index contributed by atoms with van der Waals surface area (Å²) in [6.45, 7) is 3.86. The molecule has 0 aromatic heterocycles. The van der Waals surface area contributed by atoms with Crippen molar-refractivity contribution >= 4 is 33.6 Å². The number of nitrogens with zero attached hydrogens (tertiary/aromatic N) is 1. The maximum absolute atomic E-state index is 13.2. The molecule has 2 aliphatic heterocycles. The van der Waals surface area contributed by atoms with E-state index in [1.54, 1.807) is 23.1 Å². The Labute approximate surface area is 201 Å². The van der Waals surface area contributed by atoms with Gasteiger partial charge in [0.05, 0.1) is 17.8 Å². The smallest absolute Gasteiger partial charge is 0.325 e. The Morgan fingerprint density at radius 1 is 1.15 bits per heavy atom. The van der Waals surface area contributed by atoms with Crippen LogP contribution in [0, 0.1) is 0 Å². The molecule has 168 valence electrons. The van der Waals surface area contributed by atoms with Crippen LogP contribution < -0.4 is 20.3 Å². The fourth-order valence-corrected chi connectivity index (χ4v) is 5.01. The lowest BCUT2D eigenvalue weighted by molar-refractivity contribution is 0.0378. The van der Waals surface area contributed by atoms with Gasteiger partial charge in [0, 0.05) is 22.0 Å². The van der Waals surface area contributed by atoms with Crippen LogP contribution in [-0.2, 0) is 0 Å². The van der Waals surface area contributed by atoms with Crippen molar-refractivity contribution in [3.8, 4) is 5.75 Å². The molecule has 1 saturated heterocycles. The van der Waals surface area contributed by atoms with Crippen LogP contribution in [0.15, 0.2) is 77.3 Å². The summed E-state index contributed by atoms with van der Waals surface area (Å²) in [7, 11) is 0. The summed E-state index contributed by atoms with van der Waals surface area (Å²) in [4.78, 5) is 27.7. The number of hydrogen-bond acceptors (Lipinski definition) is 3. The van der Waals surface area contributed by atoms with Crippen LogP contribution in [0.3, 0.4) is 0 Å². The standard InChI is InChI=1S/C26H24BrN3O3/c1-16(17-7-4-3-5-8-17)28-24(31)18-9-6-10-20(13-18)30-25(32)29-22-15-26(30,2)33-23-12-11-19(27)14-21(22)23/h3-14,16,22H,15H2,1-2H3,(H,28,31)(H,29,32)/t16-,22-,26+/m0/s1. The number of halogens is 1. The Morgan fingerprint density at radius 2 is 1.94 bits per heavy atom. The summed E-state index contributed by atoms with van der Waals surface area (Å²) >= 11 is 3.49. The number of anilines is 1. The summed E-state index contributed by atoms with van der Waals surface area (Å²) in [6.07, 6.45) is 0.587. The second-order valence-electron chi connectivity index (χ2n) is 8.66. The van der Waals surface area contributed by atoms with Crippen molar-refractivity contribution in [2.45, 2.75) is 38.1 Å². The normalized spacial score (nSPS) is 22.0. The molecule has 0 aliphatic carbocycles.